The van der Waals surface area contributed by atoms with Crippen LogP contribution in [0, 0.1) is 50.4 Å². The number of hydrogen-bond donors (Lipinski definition) is 9. The average Bonchev–Trinajstić information content (AvgIpc) is 1.44. The summed E-state index contributed by atoms with van der Waals surface area (Å²) in [4.78, 5) is 105. The van der Waals surface area contributed by atoms with Crippen LogP contribution in [-0.2, 0) is 70.1 Å². The number of benzene rings is 6. The number of phenolic OH excluding ortho intramolecular Hbond substituents is 3. The largest absolute Gasteiger partial charge is 0.514 e. The van der Waals surface area contributed by atoms with Crippen LogP contribution < -0.4 is 84.0 Å². The van der Waals surface area contributed by atoms with Crippen molar-refractivity contribution in [1.82, 2.24) is 51.5 Å². The van der Waals surface area contributed by atoms with Gasteiger partial charge in [0, 0.05) is 128 Å². The average molecular weight is 2040 g/mol. The number of aryl methyl sites for hydroxylation is 2. The van der Waals surface area contributed by atoms with Gasteiger partial charge in [0.25, 0.3) is 0 Å². The van der Waals surface area contributed by atoms with Gasteiger partial charge in [0.05, 0.1) is 99.4 Å². The lowest BCUT2D eigenvalue weighted by Gasteiger charge is -2.62. The molecule has 6 aromatic rings. The van der Waals surface area contributed by atoms with E-state index in [-0.39, 0.29) is 159 Å². The van der Waals surface area contributed by atoms with Crippen LogP contribution in [0.2, 0.25) is 0 Å². The Bertz CT molecular complexity index is 6270. The third-order valence-electron chi connectivity index (χ3n) is 31.5. The number of aromatic hydroxyl groups is 3. The maximum Gasteiger partial charge on any atom is 0.514 e. The van der Waals surface area contributed by atoms with Gasteiger partial charge in [0.15, 0.2) is 80.1 Å². The number of amides is 4. The molecular formula is C103H124N12O24S4. The van der Waals surface area contributed by atoms with Gasteiger partial charge in [-0.1, -0.05) is 39.8 Å². The quantitative estimate of drug-likeness (QED) is 0.0102. The Morgan fingerprint density at radius 3 is 1.37 bits per heavy atom. The second kappa shape index (κ2) is 39.1. The SMILES string of the molecule is C.C.COc1cc2c(cc1O)CCN[C@]21CS[C@@H]2c3c(OC(=O)CCCCC4SCC5NC(=O)NC54)c(C)c4c(c3[C@H](COC1=O)N1C2[C@H]2c3c(cc(C)c(OC)c3O)C[C@@H]([C@@H]1C#N)N2C)OCO4.COc1cc2c(cc1OC(=O)OC(C)(C)C)CCN[C@]21CS[C@@H]2c3c(OC(=O)CCCCC4SCC5NC(=O)NC54)c(C)c4c(c3[C@H](COC1=O)N1C2[C@H]2c3c(cc(C)c(OC)c3O)C[C@@H]([C@@H]1C#N)N2C)OCO4. The van der Waals surface area contributed by atoms with Crippen molar-refractivity contribution in [2.75, 3.05) is 105 Å². The molecule has 8 saturated heterocycles. The van der Waals surface area contributed by atoms with Gasteiger partial charge >= 0.3 is 42.1 Å². The fraction of sp³-hybridized carbons (Fsp3) is 0.563. The lowest BCUT2D eigenvalue weighted by molar-refractivity contribution is -0.158. The zero-order valence-electron chi connectivity index (χ0n) is 80.6. The molecule has 18 aliphatic heterocycles. The van der Waals surface area contributed by atoms with E-state index >= 15 is 9.59 Å². The number of urea groups is 2. The number of nitrogens with zero attached hydrogens (tertiary/aromatic N) is 6. The van der Waals surface area contributed by atoms with Crippen LogP contribution in [0.5, 0.6) is 80.5 Å². The fourth-order valence-electron chi connectivity index (χ4n) is 25.4. The summed E-state index contributed by atoms with van der Waals surface area (Å²) in [6.07, 6.45) is 5.64. The summed E-state index contributed by atoms with van der Waals surface area (Å²) in [5.41, 5.74) is 7.50. The molecule has 18 heterocycles. The molecule has 0 radical (unpaired) electrons. The Hall–Kier alpha value is -11.1. The predicted octanol–water partition coefficient (Wildman–Crippen LogP) is 12.3. The van der Waals surface area contributed by atoms with E-state index in [4.69, 9.17) is 66.3 Å². The molecule has 18 aliphatic rings. The first-order valence-corrected chi connectivity index (χ1v) is 52.4. The van der Waals surface area contributed by atoms with E-state index in [9.17, 15) is 49.8 Å². The number of rotatable bonds is 17. The Morgan fingerprint density at radius 1 is 0.510 bits per heavy atom. The maximum atomic E-state index is 15.3. The minimum atomic E-state index is -1.49. The van der Waals surface area contributed by atoms with E-state index in [1.807, 2.05) is 77.4 Å². The Morgan fingerprint density at radius 2 is 0.944 bits per heavy atom. The molecule has 20 atom stereocenters. The number of phenols is 3. The Balaban J connectivity index is 0.000000180. The summed E-state index contributed by atoms with van der Waals surface area (Å²) < 4.78 is 85.9. The zero-order valence-corrected chi connectivity index (χ0v) is 83.9. The second-order valence-electron chi connectivity index (χ2n) is 40.2. The van der Waals surface area contributed by atoms with Gasteiger partial charge in [-0.15, -0.1) is 23.5 Å². The summed E-state index contributed by atoms with van der Waals surface area (Å²) in [6, 6.07) is 10.3. The summed E-state index contributed by atoms with van der Waals surface area (Å²) in [5.74, 6) is 3.63. The van der Waals surface area contributed by atoms with E-state index in [0.29, 0.717) is 153 Å². The van der Waals surface area contributed by atoms with Crippen molar-refractivity contribution in [3.05, 3.63) is 125 Å². The van der Waals surface area contributed by atoms with Crippen molar-refractivity contribution in [3.63, 3.8) is 0 Å². The minimum Gasteiger partial charge on any atom is -0.504 e. The lowest BCUT2D eigenvalue weighted by atomic mass is 9.71. The lowest BCUT2D eigenvalue weighted by Crippen LogP contribution is -2.69. The summed E-state index contributed by atoms with van der Waals surface area (Å²) in [7, 11) is 9.98. The number of unbranched alkanes of at least 4 members (excludes halogenated alkanes) is 2. The number of fused-ring (bicyclic) bond motifs is 20. The van der Waals surface area contributed by atoms with Gasteiger partial charge in [-0.25, -0.2) is 24.0 Å². The number of carbonyl (C=O) groups excluding carboxylic acids is 7. The molecule has 8 bridgehead atoms. The number of carbonyl (C=O) groups is 7. The van der Waals surface area contributed by atoms with E-state index in [2.05, 4.69) is 63.6 Å². The third kappa shape index (κ3) is 16.6. The molecule has 0 saturated carbocycles. The number of ether oxygens (including phenoxy) is 14. The molecular weight excluding hydrogens is 1920 g/mol. The van der Waals surface area contributed by atoms with Crippen LogP contribution in [0.3, 0.4) is 0 Å². The molecule has 0 aliphatic carbocycles. The Labute approximate surface area is 847 Å². The van der Waals surface area contributed by atoms with Crippen molar-refractivity contribution in [1.29, 1.82) is 10.5 Å². The number of piperazine rings is 2. The predicted molar refractivity (Wildman–Crippen MR) is 531 cm³/mol. The van der Waals surface area contributed by atoms with Gasteiger partial charge in [-0.05, 0) is 183 Å². The molecule has 2 spiro atoms. The van der Waals surface area contributed by atoms with E-state index in [0.717, 1.165) is 70.6 Å². The van der Waals surface area contributed by atoms with Gasteiger partial charge in [0.1, 0.15) is 42.4 Å². The molecule has 764 valence electrons. The number of thioether (sulfide) groups is 4. The summed E-state index contributed by atoms with van der Waals surface area (Å²) in [6.45, 7) is 12.9. The highest BCUT2D eigenvalue weighted by Crippen LogP contribution is 2.69. The highest BCUT2D eigenvalue weighted by Gasteiger charge is 2.66. The molecule has 8 unspecified atom stereocenters. The minimum absolute atomic E-state index is 0. The van der Waals surface area contributed by atoms with E-state index in [1.54, 1.807) is 52.1 Å². The van der Waals surface area contributed by atoms with Crippen LogP contribution in [0.25, 0.3) is 0 Å². The molecule has 9 N–H and O–H groups in total. The molecule has 36 nitrogen and oxygen atoms in total. The molecule has 143 heavy (non-hydrogen) atoms. The monoisotopic (exact) mass is 2040 g/mol. The highest BCUT2D eigenvalue weighted by molar-refractivity contribution is 8.00. The van der Waals surface area contributed by atoms with Crippen LogP contribution in [-0.4, -0.2) is 259 Å². The number of esters is 4. The summed E-state index contributed by atoms with van der Waals surface area (Å²) in [5, 5.41) is 76.7. The Kier molecular flexibility index (Phi) is 27.5. The number of hydrogen-bond acceptors (Lipinski definition) is 36. The van der Waals surface area contributed by atoms with Crippen molar-refractivity contribution in [3.8, 4) is 92.6 Å². The van der Waals surface area contributed by atoms with Gasteiger partial charge < -0.3 is 103 Å². The number of methoxy groups -OCH3 is 4. The normalized spacial score (nSPS) is 29.7. The number of nitrogens with one attached hydrogen (secondary N) is 6. The van der Waals surface area contributed by atoms with Crippen LogP contribution in [0.1, 0.15) is 211 Å². The molecule has 40 heteroatoms. The summed E-state index contributed by atoms with van der Waals surface area (Å²) >= 11 is 6.62. The number of likely N-dealkylation sites (N-methyl/N-ethyl adjacent to an activating group) is 2. The second-order valence-corrected chi connectivity index (χ2v) is 45.0. The highest BCUT2D eigenvalue weighted by atomic mass is 32.2. The first-order chi connectivity index (χ1) is 67.8. The topological polar surface area (TPSA) is 442 Å². The van der Waals surface area contributed by atoms with Crippen LogP contribution in [0.15, 0.2) is 36.4 Å². The molecule has 24 rings (SSSR count). The van der Waals surface area contributed by atoms with Gasteiger partial charge in [-0.3, -0.25) is 39.8 Å². The van der Waals surface area contributed by atoms with Gasteiger partial charge in [-0.2, -0.15) is 34.0 Å². The van der Waals surface area contributed by atoms with Gasteiger partial charge in [0.2, 0.25) is 13.6 Å². The third-order valence-corrected chi connectivity index (χ3v) is 37.5. The maximum absolute atomic E-state index is 15.3. The molecule has 0 aromatic heterocycles. The van der Waals surface area contributed by atoms with Crippen molar-refractivity contribution < 1.29 is 115 Å². The van der Waals surface area contributed by atoms with Crippen molar-refractivity contribution in [2.45, 2.75) is 263 Å². The first-order valence-electron chi connectivity index (χ1n) is 48.2. The molecule has 6 aromatic carbocycles. The zero-order chi connectivity index (χ0) is 98.7. The van der Waals surface area contributed by atoms with E-state index < -0.39 is 106 Å². The van der Waals surface area contributed by atoms with Crippen LogP contribution in [0.4, 0.5) is 14.4 Å². The number of nitriles is 2. The first kappa shape index (κ1) is 101. The standard InChI is InChI=1S/C53H62N6O13S2.C48H54N6O11S2.2CH4/c1-24-15-27-16-30-31(19-54)59-32-20-67-49(62)53(28-18-33(65-7)34(17-26(28)13-14-55-53)70-51(64)72-52(3,4)5)22-74-48(42(59)41(58(30)6)37(27)43(61)44(24)66-8)39-38(32)47-46(68-23-69-47)25(2)45(39)71-36(60)12-10-9-11-35-40-29(21-73-35)56-50(63)57-40;1-21-12-24-13-27-28(16-49)54-29-17-62-46(58)48(25-15-31(60-4)30(55)14-23(25)10-11-50-48)19-67-45(39(54)38(53(27)3)34(24)40(57)41(21)61-5)36-35(29)44-43(63-20-64-44)22(2)42(36)65-33(56)9-7-6-8-32-37-26(18-66-32)51-47(59)52-37;;/h15,17-18,29-32,35,40-42,48,55,61H,9-14,16,20-23H2,1-8H3,(H2,56,57,63);12,14-15,26-29,32,37-39,45,50,55,57H,6-11,13,17-20H2,1-5H3,(H2,51,52,59);2*1H4/t29?,30-,31-,32-,35?,40?,41+,42?,48+,53+;26?,27-,28-,29-,32?,37?,38+,39?,45+,48+;;/m00../s1. The van der Waals surface area contributed by atoms with Crippen molar-refractivity contribution in [2.24, 2.45) is 0 Å². The fourth-order valence-corrected chi connectivity index (χ4v) is 31.8. The molecule has 4 amide bonds. The van der Waals surface area contributed by atoms with Crippen molar-refractivity contribution >= 4 is 89.1 Å². The molecule has 8 fully saturated rings. The van der Waals surface area contributed by atoms with E-state index in [1.165, 1.54) is 44.9 Å². The van der Waals surface area contributed by atoms with Crippen LogP contribution >= 0.6 is 47.0 Å². The smallest absolute Gasteiger partial charge is 0.504 e.